The van der Waals surface area contributed by atoms with Crippen molar-refractivity contribution in [1.82, 2.24) is 0 Å². The molecule has 3 atom stereocenters. The highest BCUT2D eigenvalue weighted by Gasteiger charge is 2.05. The van der Waals surface area contributed by atoms with Gasteiger partial charge in [-0.1, -0.05) is 0 Å². The topological polar surface area (TPSA) is 73.7 Å². The van der Waals surface area contributed by atoms with Gasteiger partial charge in [0.1, 0.15) is 6.04 Å². The van der Waals surface area contributed by atoms with Crippen LogP contribution in [0.25, 0.3) is 0 Å². The minimum atomic E-state index is 0.177. The lowest BCUT2D eigenvalue weighted by Crippen LogP contribution is -2.61. The molecule has 0 rings (SSSR count). The fraction of sp³-hybridized carbons (Fsp3) is 1.00. The van der Waals surface area contributed by atoms with Crippen LogP contribution in [-0.2, 0) is 9.47 Å². The Morgan fingerprint density at radius 2 is 1.62 bits per heavy atom. The second-order valence-electron chi connectivity index (χ2n) is 4.92. The zero-order valence-corrected chi connectivity index (χ0v) is 11.2. The van der Waals surface area contributed by atoms with Gasteiger partial charge in [0.2, 0.25) is 0 Å². The predicted molar refractivity (Wildman–Crippen MR) is 64.8 cm³/mol. The van der Waals surface area contributed by atoms with Crippen LogP contribution >= 0.6 is 0 Å². The van der Waals surface area contributed by atoms with Crippen LogP contribution in [0, 0.1) is 0 Å². The van der Waals surface area contributed by atoms with Gasteiger partial charge in [0.25, 0.3) is 0 Å². The molecule has 3 unspecified atom stereocenters. The summed E-state index contributed by atoms with van der Waals surface area (Å²) >= 11 is 0. The van der Waals surface area contributed by atoms with Crippen LogP contribution in [0.4, 0.5) is 0 Å². The Bertz CT molecular complexity index is 152. The van der Waals surface area contributed by atoms with E-state index in [2.05, 4.69) is 18.4 Å². The molecule has 0 spiro atoms. The Kier molecular flexibility index (Phi) is 9.92. The van der Waals surface area contributed by atoms with Crippen molar-refractivity contribution >= 4 is 0 Å². The summed E-state index contributed by atoms with van der Waals surface area (Å²) in [6.07, 6.45) is 3.69. The molecule has 0 saturated carbocycles. The lowest BCUT2D eigenvalue weighted by molar-refractivity contribution is -0.422. The molecule has 16 heavy (non-hydrogen) atoms. The first-order valence-electron chi connectivity index (χ1n) is 6.38. The van der Waals surface area contributed by atoms with Crippen LogP contribution in [-0.4, -0.2) is 38.0 Å². The maximum absolute atomic E-state index is 5.55. The normalized spacial score (nSPS) is 17.1. The number of hydrogen-bond donors (Lipinski definition) is 2. The fourth-order valence-electron chi connectivity index (χ4n) is 1.32. The number of ether oxygens (including phenoxy) is 2. The standard InChI is InChI=1S/C12H28N2O2/c1-10(13)6-4-5-7-15-9-12(3)16-8-11(2)14/h10-12H,4-9,13-14H2,1-3H3/p+2. The molecule has 98 valence electrons. The first-order chi connectivity index (χ1) is 7.52. The molecule has 0 aromatic rings. The molecule has 4 nitrogen and oxygen atoms in total. The largest absolute Gasteiger partial charge is 0.379 e. The molecular formula is C12H30N2O2+2. The lowest BCUT2D eigenvalue weighted by Gasteiger charge is -2.13. The summed E-state index contributed by atoms with van der Waals surface area (Å²) in [5.74, 6) is 0. The molecule has 0 heterocycles. The molecule has 0 radical (unpaired) electrons. The highest BCUT2D eigenvalue weighted by molar-refractivity contribution is 4.51. The van der Waals surface area contributed by atoms with Crippen LogP contribution in [0.1, 0.15) is 40.0 Å². The van der Waals surface area contributed by atoms with Gasteiger partial charge in [-0.25, -0.2) is 0 Å². The Morgan fingerprint density at radius 3 is 2.19 bits per heavy atom. The van der Waals surface area contributed by atoms with Crippen LogP contribution in [0.2, 0.25) is 0 Å². The van der Waals surface area contributed by atoms with Crippen molar-refractivity contribution in [3.8, 4) is 0 Å². The van der Waals surface area contributed by atoms with E-state index in [1.54, 1.807) is 0 Å². The van der Waals surface area contributed by atoms with E-state index in [1.807, 2.05) is 13.8 Å². The average Bonchev–Trinajstić information content (AvgIpc) is 2.19. The third kappa shape index (κ3) is 11.9. The molecule has 4 heteroatoms. The van der Waals surface area contributed by atoms with Gasteiger partial charge in [0.15, 0.2) is 0 Å². The molecule has 0 bridgehead atoms. The van der Waals surface area contributed by atoms with Gasteiger partial charge in [0.05, 0.1) is 25.4 Å². The van der Waals surface area contributed by atoms with Gasteiger partial charge in [-0.05, 0) is 40.0 Å². The number of unbranched alkanes of at least 4 members (excludes halogenated alkanes) is 1. The Balaban J connectivity index is 3.18. The van der Waals surface area contributed by atoms with Gasteiger partial charge >= 0.3 is 0 Å². The van der Waals surface area contributed by atoms with E-state index in [-0.39, 0.29) is 6.10 Å². The predicted octanol–water partition coefficient (Wildman–Crippen LogP) is -0.161. The van der Waals surface area contributed by atoms with Crippen LogP contribution in [0.15, 0.2) is 0 Å². The van der Waals surface area contributed by atoms with E-state index in [0.717, 1.165) is 13.0 Å². The highest BCUT2D eigenvalue weighted by atomic mass is 16.5. The summed E-state index contributed by atoms with van der Waals surface area (Å²) in [6, 6.07) is 0.904. The third-order valence-corrected chi connectivity index (χ3v) is 2.25. The number of quaternary nitrogens is 2. The molecule has 0 amide bonds. The van der Waals surface area contributed by atoms with E-state index in [9.17, 15) is 0 Å². The molecule has 0 aliphatic rings. The van der Waals surface area contributed by atoms with Crippen molar-refractivity contribution in [2.45, 2.75) is 58.2 Å². The van der Waals surface area contributed by atoms with Gasteiger partial charge in [0, 0.05) is 6.61 Å². The maximum Gasteiger partial charge on any atom is 0.105 e. The second kappa shape index (κ2) is 10.0. The van der Waals surface area contributed by atoms with Gasteiger partial charge in [-0.15, -0.1) is 0 Å². The molecule has 0 aliphatic heterocycles. The SMILES string of the molecule is CC([NH3+])CCCCOCC(C)OCC(C)[NH3+]. The summed E-state index contributed by atoms with van der Waals surface area (Å²) in [5, 5.41) is 0. The summed E-state index contributed by atoms with van der Waals surface area (Å²) in [7, 11) is 0. The zero-order chi connectivity index (χ0) is 12.4. The minimum absolute atomic E-state index is 0.177. The van der Waals surface area contributed by atoms with E-state index in [4.69, 9.17) is 9.47 Å². The molecule has 0 aromatic carbocycles. The molecule has 0 saturated heterocycles. The smallest absolute Gasteiger partial charge is 0.105 e. The van der Waals surface area contributed by atoms with Crippen molar-refractivity contribution in [1.29, 1.82) is 0 Å². The Morgan fingerprint density at radius 1 is 0.938 bits per heavy atom. The monoisotopic (exact) mass is 234 g/mol. The zero-order valence-electron chi connectivity index (χ0n) is 11.2. The lowest BCUT2D eigenvalue weighted by atomic mass is 10.1. The van der Waals surface area contributed by atoms with Gasteiger partial charge in [-0.2, -0.15) is 0 Å². The quantitative estimate of drug-likeness (QED) is 0.515. The summed E-state index contributed by atoms with van der Waals surface area (Å²) in [6.45, 7) is 8.47. The average molecular weight is 234 g/mol. The molecular weight excluding hydrogens is 204 g/mol. The van der Waals surface area contributed by atoms with Crippen LogP contribution in [0.3, 0.4) is 0 Å². The highest BCUT2D eigenvalue weighted by Crippen LogP contribution is 1.99. The van der Waals surface area contributed by atoms with Crippen molar-refractivity contribution < 1.29 is 20.9 Å². The van der Waals surface area contributed by atoms with E-state index in [0.29, 0.717) is 25.3 Å². The van der Waals surface area contributed by atoms with Crippen LogP contribution < -0.4 is 11.5 Å². The fourth-order valence-corrected chi connectivity index (χ4v) is 1.32. The molecule has 0 aromatic heterocycles. The van der Waals surface area contributed by atoms with Crippen molar-refractivity contribution in [3.63, 3.8) is 0 Å². The van der Waals surface area contributed by atoms with E-state index >= 15 is 0 Å². The molecule has 0 fully saturated rings. The Hall–Kier alpha value is -0.160. The summed E-state index contributed by atoms with van der Waals surface area (Å²) < 4.78 is 11.1. The third-order valence-electron chi connectivity index (χ3n) is 2.25. The van der Waals surface area contributed by atoms with E-state index in [1.165, 1.54) is 12.8 Å². The summed E-state index contributed by atoms with van der Waals surface area (Å²) in [5.41, 5.74) is 7.83. The minimum Gasteiger partial charge on any atom is -0.379 e. The first kappa shape index (κ1) is 15.8. The first-order valence-corrected chi connectivity index (χ1v) is 6.38. The summed E-state index contributed by atoms with van der Waals surface area (Å²) in [4.78, 5) is 0. The van der Waals surface area contributed by atoms with Crippen molar-refractivity contribution in [2.75, 3.05) is 19.8 Å². The van der Waals surface area contributed by atoms with E-state index < -0.39 is 0 Å². The maximum atomic E-state index is 5.55. The van der Waals surface area contributed by atoms with Crippen molar-refractivity contribution in [2.24, 2.45) is 0 Å². The molecule has 0 aliphatic carbocycles. The molecule has 6 N–H and O–H groups in total. The second-order valence-corrected chi connectivity index (χ2v) is 4.92. The number of rotatable bonds is 10. The number of hydrogen-bond acceptors (Lipinski definition) is 2. The Labute approximate surface area is 99.7 Å². The van der Waals surface area contributed by atoms with Crippen molar-refractivity contribution in [3.05, 3.63) is 0 Å². The van der Waals surface area contributed by atoms with Gasteiger partial charge < -0.3 is 20.9 Å². The van der Waals surface area contributed by atoms with Crippen LogP contribution in [0.5, 0.6) is 0 Å². The van der Waals surface area contributed by atoms with Gasteiger partial charge in [-0.3, -0.25) is 0 Å².